The highest BCUT2D eigenvalue weighted by Gasteiger charge is 2.26. The minimum atomic E-state index is -0.593. The Kier molecular flexibility index (Phi) is 7.63. The molecule has 0 aliphatic carbocycles. The molecule has 3 heterocycles. The molecule has 1 saturated heterocycles. The van der Waals surface area contributed by atoms with E-state index in [2.05, 4.69) is 36.6 Å². The van der Waals surface area contributed by atoms with Crippen molar-refractivity contribution in [1.82, 2.24) is 20.1 Å². The highest BCUT2D eigenvalue weighted by atomic mass is 79.9. The Labute approximate surface area is 216 Å². The van der Waals surface area contributed by atoms with Crippen molar-refractivity contribution in [2.24, 2.45) is 0 Å². The number of thioether (sulfide) groups is 1. The van der Waals surface area contributed by atoms with Crippen LogP contribution in [0.4, 0.5) is 5.69 Å². The number of benzene rings is 1. The molecule has 3 aromatic rings. The maximum Gasteiger partial charge on any atom is 0.274 e. The van der Waals surface area contributed by atoms with E-state index >= 15 is 0 Å². The summed E-state index contributed by atoms with van der Waals surface area (Å²) in [5, 5.41) is 18.9. The molecule has 2 amide bonds. The molecule has 0 saturated carbocycles. The van der Waals surface area contributed by atoms with Crippen LogP contribution >= 0.6 is 50.9 Å². The molecule has 4 rings (SSSR count). The predicted octanol–water partition coefficient (Wildman–Crippen LogP) is 4.34. The van der Waals surface area contributed by atoms with E-state index in [0.717, 1.165) is 11.5 Å². The van der Waals surface area contributed by atoms with Crippen molar-refractivity contribution in [2.75, 3.05) is 23.4 Å². The molecular weight excluding hydrogens is 567 g/mol. The van der Waals surface area contributed by atoms with Crippen LogP contribution in [0.3, 0.4) is 0 Å². The zero-order valence-corrected chi connectivity index (χ0v) is 21.1. The molecule has 13 heteroatoms. The lowest BCUT2D eigenvalue weighted by atomic mass is 10.1. The Hall–Kier alpha value is -2.78. The lowest BCUT2D eigenvalue weighted by Crippen LogP contribution is -2.31. The Morgan fingerprint density at radius 1 is 1.29 bits per heavy atom. The zero-order valence-electron chi connectivity index (χ0n) is 17.2. The summed E-state index contributed by atoms with van der Waals surface area (Å²) < 4.78 is 7.52. The van der Waals surface area contributed by atoms with Crippen LogP contribution in [0.25, 0.3) is 5.82 Å². The van der Waals surface area contributed by atoms with Crippen LogP contribution < -0.4 is 15.4 Å². The standard InChI is InChI=1S/C21H15BrCl2N6O3S/c22-14-7-11(23)6-13(20(31)27-5-3-25)18(14)28-21(32)16-8-17(33-12-9-34-10-12)29-30(16)19-15(24)2-1-4-26-19/h1-2,4,6-8,12H,5,9-10H2,(H,27,31)(H,28,32). The van der Waals surface area contributed by atoms with Gasteiger partial charge in [0.05, 0.1) is 22.3 Å². The van der Waals surface area contributed by atoms with E-state index < -0.39 is 11.8 Å². The second-order valence-corrected chi connectivity index (χ2v) is 9.74. The SMILES string of the molecule is N#CCNC(=O)c1cc(Cl)cc(Br)c1NC(=O)c1cc(OC2CSC2)nn1-c1ncccc1Cl. The quantitative estimate of drug-likeness (QED) is 0.398. The number of carbonyl (C=O) groups is 2. The molecular formula is C21H15BrCl2N6O3S. The first kappa shape index (κ1) is 24.3. The molecule has 0 unspecified atom stereocenters. The number of rotatable bonds is 7. The second kappa shape index (κ2) is 10.7. The van der Waals surface area contributed by atoms with E-state index in [4.69, 9.17) is 33.2 Å². The predicted molar refractivity (Wildman–Crippen MR) is 133 cm³/mol. The number of nitriles is 1. The maximum atomic E-state index is 13.4. The van der Waals surface area contributed by atoms with Gasteiger partial charge in [0.15, 0.2) is 5.82 Å². The molecule has 0 radical (unpaired) electrons. The number of aromatic nitrogens is 3. The fraction of sp³-hybridized carbons (Fsp3) is 0.190. The molecule has 1 aliphatic rings. The largest absolute Gasteiger partial charge is 0.472 e. The lowest BCUT2D eigenvalue weighted by molar-refractivity contribution is 0.0959. The van der Waals surface area contributed by atoms with Crippen LogP contribution in [-0.2, 0) is 0 Å². The second-order valence-electron chi connectivity index (χ2n) is 6.97. The average Bonchev–Trinajstić information content (AvgIpc) is 3.20. The van der Waals surface area contributed by atoms with Crippen molar-refractivity contribution in [1.29, 1.82) is 5.26 Å². The van der Waals surface area contributed by atoms with Crippen molar-refractivity contribution in [3.63, 3.8) is 0 Å². The first-order valence-corrected chi connectivity index (χ1v) is 12.5. The number of nitrogens with one attached hydrogen (secondary N) is 2. The molecule has 2 aromatic heterocycles. The lowest BCUT2D eigenvalue weighted by Gasteiger charge is -2.24. The van der Waals surface area contributed by atoms with Crippen LogP contribution in [0.5, 0.6) is 5.88 Å². The summed E-state index contributed by atoms with van der Waals surface area (Å²) >= 11 is 17.5. The van der Waals surface area contributed by atoms with Crippen molar-refractivity contribution < 1.29 is 14.3 Å². The molecule has 1 aromatic carbocycles. The van der Waals surface area contributed by atoms with Crippen molar-refractivity contribution in [3.05, 3.63) is 62.3 Å². The van der Waals surface area contributed by atoms with Crippen LogP contribution in [0.15, 0.2) is 41.0 Å². The van der Waals surface area contributed by atoms with Gasteiger partial charge in [-0.1, -0.05) is 23.2 Å². The number of halogens is 3. The Morgan fingerprint density at radius 2 is 2.09 bits per heavy atom. The normalized spacial score (nSPS) is 13.0. The number of pyridine rings is 1. The number of carbonyl (C=O) groups excluding carboxylic acids is 2. The van der Waals surface area contributed by atoms with Crippen LogP contribution in [0.2, 0.25) is 10.0 Å². The van der Waals surface area contributed by atoms with E-state index in [-0.39, 0.29) is 51.3 Å². The van der Waals surface area contributed by atoms with Gasteiger partial charge in [-0.25, -0.2) is 9.67 Å². The fourth-order valence-electron chi connectivity index (χ4n) is 3.00. The first-order valence-electron chi connectivity index (χ1n) is 9.78. The van der Waals surface area contributed by atoms with Gasteiger partial charge >= 0.3 is 0 Å². The minimum Gasteiger partial charge on any atom is -0.472 e. The van der Waals surface area contributed by atoms with Crippen LogP contribution in [0, 0.1) is 11.3 Å². The minimum absolute atomic E-state index is 0.00399. The Balaban J connectivity index is 1.71. The van der Waals surface area contributed by atoms with Gasteiger partial charge in [-0.15, -0.1) is 5.10 Å². The number of anilines is 1. The summed E-state index contributed by atoms with van der Waals surface area (Å²) in [4.78, 5) is 30.2. The van der Waals surface area contributed by atoms with Gasteiger partial charge in [0.2, 0.25) is 5.88 Å². The maximum absolute atomic E-state index is 13.4. The highest BCUT2D eigenvalue weighted by molar-refractivity contribution is 9.10. The topological polar surface area (TPSA) is 122 Å². The molecule has 0 spiro atoms. The number of hydrogen-bond donors (Lipinski definition) is 2. The van der Waals surface area contributed by atoms with E-state index in [9.17, 15) is 9.59 Å². The number of nitrogens with zero attached hydrogens (tertiary/aromatic N) is 4. The van der Waals surface area contributed by atoms with Crippen molar-refractivity contribution in [2.45, 2.75) is 6.10 Å². The van der Waals surface area contributed by atoms with Gasteiger partial charge in [0, 0.05) is 33.3 Å². The molecule has 0 bridgehead atoms. The van der Waals surface area contributed by atoms with E-state index in [1.165, 1.54) is 29.1 Å². The van der Waals surface area contributed by atoms with Crippen LogP contribution in [-0.4, -0.2) is 50.7 Å². The molecule has 9 nitrogen and oxygen atoms in total. The number of ether oxygens (including phenoxy) is 1. The van der Waals surface area contributed by atoms with E-state index in [0.29, 0.717) is 4.47 Å². The first-order chi connectivity index (χ1) is 16.4. The molecule has 2 N–H and O–H groups in total. The van der Waals surface area contributed by atoms with Gasteiger partial charge in [-0.05, 0) is 40.2 Å². The summed E-state index contributed by atoms with van der Waals surface area (Å²) in [5.74, 6) is 0.987. The van der Waals surface area contributed by atoms with Crippen molar-refractivity contribution in [3.8, 4) is 17.8 Å². The van der Waals surface area contributed by atoms with Gasteiger partial charge in [-0.3, -0.25) is 9.59 Å². The zero-order chi connectivity index (χ0) is 24.2. The molecule has 1 aliphatic heterocycles. The van der Waals surface area contributed by atoms with Gasteiger partial charge in [0.1, 0.15) is 18.3 Å². The third kappa shape index (κ3) is 5.31. The summed E-state index contributed by atoms with van der Waals surface area (Å²) in [6, 6.07) is 9.54. The third-order valence-electron chi connectivity index (χ3n) is 4.62. The molecule has 34 heavy (non-hydrogen) atoms. The molecule has 174 valence electrons. The smallest absolute Gasteiger partial charge is 0.274 e. The highest BCUT2D eigenvalue weighted by Crippen LogP contribution is 2.32. The van der Waals surface area contributed by atoms with E-state index in [1.54, 1.807) is 23.9 Å². The number of hydrogen-bond acceptors (Lipinski definition) is 7. The summed E-state index contributed by atoms with van der Waals surface area (Å²) in [6.07, 6.45) is 1.53. The third-order valence-corrected chi connectivity index (χ3v) is 6.97. The van der Waals surface area contributed by atoms with Gasteiger partial charge in [0.25, 0.3) is 11.8 Å². The average molecular weight is 582 g/mol. The van der Waals surface area contributed by atoms with E-state index in [1.807, 2.05) is 6.07 Å². The van der Waals surface area contributed by atoms with Gasteiger partial charge < -0.3 is 15.4 Å². The fourth-order valence-corrected chi connectivity index (χ4v) is 4.67. The monoisotopic (exact) mass is 580 g/mol. The summed E-state index contributed by atoms with van der Waals surface area (Å²) in [7, 11) is 0. The van der Waals surface area contributed by atoms with Crippen LogP contribution in [0.1, 0.15) is 20.8 Å². The number of amides is 2. The Morgan fingerprint density at radius 3 is 2.76 bits per heavy atom. The molecule has 0 atom stereocenters. The molecule has 1 fully saturated rings. The Bertz CT molecular complexity index is 1310. The summed E-state index contributed by atoms with van der Waals surface area (Å²) in [6.45, 7) is -0.207. The van der Waals surface area contributed by atoms with Gasteiger partial charge in [-0.2, -0.15) is 17.0 Å². The van der Waals surface area contributed by atoms with Crippen molar-refractivity contribution >= 4 is 68.4 Å². The summed E-state index contributed by atoms with van der Waals surface area (Å²) in [5.41, 5.74) is 0.336.